The highest BCUT2D eigenvalue weighted by Gasteiger charge is 2.28. The van der Waals surface area contributed by atoms with Gasteiger partial charge in [-0.1, -0.05) is 28.8 Å². The van der Waals surface area contributed by atoms with Gasteiger partial charge in [0, 0.05) is 23.5 Å². The minimum atomic E-state index is -1.55. The van der Waals surface area contributed by atoms with E-state index in [4.69, 9.17) is 0 Å². The zero-order chi connectivity index (χ0) is 14.7. The van der Waals surface area contributed by atoms with Crippen LogP contribution in [0.5, 0.6) is 0 Å². The zero-order valence-corrected chi connectivity index (χ0v) is 12.4. The van der Waals surface area contributed by atoms with E-state index in [0.29, 0.717) is 11.9 Å². The summed E-state index contributed by atoms with van der Waals surface area (Å²) in [6.07, 6.45) is 3.88. The molecular weight excluding hydrogens is 335 g/mol. The van der Waals surface area contributed by atoms with Crippen molar-refractivity contribution in [3.05, 3.63) is 35.1 Å². The molecule has 110 valence electrons. The highest BCUT2D eigenvalue weighted by Crippen LogP contribution is 2.25. The van der Waals surface area contributed by atoms with Crippen LogP contribution in [0.4, 0.5) is 13.2 Å². The van der Waals surface area contributed by atoms with Gasteiger partial charge in [0.1, 0.15) is 0 Å². The first-order valence-corrected chi connectivity index (χ1v) is 7.68. The molecule has 2 rings (SSSR count). The number of halogens is 4. The number of carbonyl (C=O) groups is 1. The summed E-state index contributed by atoms with van der Waals surface area (Å²) in [7, 11) is 0. The van der Waals surface area contributed by atoms with Gasteiger partial charge >= 0.3 is 0 Å². The minimum Gasteiger partial charge on any atom is -0.335 e. The van der Waals surface area contributed by atoms with Crippen LogP contribution in [0.2, 0.25) is 0 Å². The van der Waals surface area contributed by atoms with Gasteiger partial charge in [0.25, 0.3) is 5.91 Å². The largest absolute Gasteiger partial charge is 0.335 e. The Kier molecular flexibility index (Phi) is 5.07. The van der Waals surface area contributed by atoms with Crippen molar-refractivity contribution in [2.24, 2.45) is 0 Å². The van der Waals surface area contributed by atoms with E-state index in [1.165, 1.54) is 0 Å². The van der Waals surface area contributed by atoms with Crippen LogP contribution >= 0.6 is 15.9 Å². The quantitative estimate of drug-likeness (QED) is 0.596. The van der Waals surface area contributed by atoms with E-state index in [1.807, 2.05) is 0 Å². The molecule has 1 fully saturated rings. The first-order chi connectivity index (χ1) is 9.54. The monoisotopic (exact) mass is 349 g/mol. The lowest BCUT2D eigenvalue weighted by atomic mass is 10.1. The molecule has 0 saturated heterocycles. The Balaban J connectivity index is 2.27. The van der Waals surface area contributed by atoms with Gasteiger partial charge in [-0.3, -0.25) is 4.79 Å². The number of rotatable bonds is 4. The highest BCUT2D eigenvalue weighted by atomic mass is 79.9. The molecule has 6 heteroatoms. The predicted molar refractivity (Wildman–Crippen MR) is 73.4 cm³/mol. The molecule has 20 heavy (non-hydrogen) atoms. The first-order valence-electron chi connectivity index (χ1n) is 6.56. The van der Waals surface area contributed by atoms with Crippen LogP contribution in [-0.2, 0) is 0 Å². The van der Waals surface area contributed by atoms with E-state index >= 15 is 0 Å². The van der Waals surface area contributed by atoms with Crippen LogP contribution in [0.15, 0.2) is 12.1 Å². The molecular formula is C14H15BrF3NO. The number of hydrogen-bond donors (Lipinski definition) is 0. The smallest absolute Gasteiger partial charge is 0.254 e. The van der Waals surface area contributed by atoms with Crippen LogP contribution in [-0.4, -0.2) is 28.7 Å². The fraction of sp³-hybridized carbons (Fsp3) is 0.500. The van der Waals surface area contributed by atoms with Crippen LogP contribution in [0.3, 0.4) is 0 Å². The molecule has 0 unspecified atom stereocenters. The van der Waals surface area contributed by atoms with Crippen molar-refractivity contribution in [3.63, 3.8) is 0 Å². The van der Waals surface area contributed by atoms with Gasteiger partial charge in [0.05, 0.1) is 0 Å². The fourth-order valence-electron chi connectivity index (χ4n) is 2.60. The molecule has 0 heterocycles. The molecule has 0 N–H and O–H groups in total. The predicted octanol–water partition coefficient (Wildman–Crippen LogP) is 3.88. The van der Waals surface area contributed by atoms with Crippen LogP contribution in [0.1, 0.15) is 36.0 Å². The van der Waals surface area contributed by atoms with Gasteiger partial charge in [-0.15, -0.1) is 0 Å². The molecule has 1 aliphatic carbocycles. The number of carbonyl (C=O) groups excluding carboxylic acids is 1. The molecule has 1 aromatic rings. The average molecular weight is 350 g/mol. The van der Waals surface area contributed by atoms with Crippen molar-refractivity contribution >= 4 is 21.8 Å². The number of benzene rings is 1. The molecule has 0 radical (unpaired) electrons. The molecule has 1 amide bonds. The Morgan fingerprint density at radius 1 is 1.20 bits per heavy atom. The molecule has 1 aromatic carbocycles. The van der Waals surface area contributed by atoms with Crippen molar-refractivity contribution < 1.29 is 18.0 Å². The van der Waals surface area contributed by atoms with Gasteiger partial charge in [-0.05, 0) is 25.0 Å². The third-order valence-electron chi connectivity index (χ3n) is 3.58. The van der Waals surface area contributed by atoms with Gasteiger partial charge in [0.15, 0.2) is 17.5 Å². The SMILES string of the molecule is O=C(c1cc(F)c(F)c(F)c1)N(CCBr)C1CCCC1. The molecule has 2 nitrogen and oxygen atoms in total. The van der Waals surface area contributed by atoms with E-state index in [1.54, 1.807) is 4.90 Å². The van der Waals surface area contributed by atoms with E-state index in [9.17, 15) is 18.0 Å². The van der Waals surface area contributed by atoms with Gasteiger partial charge < -0.3 is 4.90 Å². The Morgan fingerprint density at radius 2 is 1.75 bits per heavy atom. The maximum atomic E-state index is 13.2. The molecule has 0 spiro atoms. The summed E-state index contributed by atoms with van der Waals surface area (Å²) in [4.78, 5) is 14.0. The standard InChI is InChI=1S/C14H15BrF3NO/c15-5-6-19(10-3-1-2-4-10)14(20)9-7-11(16)13(18)12(17)8-9/h7-8,10H,1-6H2. The average Bonchev–Trinajstić information content (AvgIpc) is 2.94. The Hall–Kier alpha value is -1.04. The van der Waals surface area contributed by atoms with Crippen molar-refractivity contribution in [1.82, 2.24) is 4.90 Å². The number of hydrogen-bond acceptors (Lipinski definition) is 1. The van der Waals surface area contributed by atoms with Crippen molar-refractivity contribution in [2.45, 2.75) is 31.7 Å². The summed E-state index contributed by atoms with van der Waals surface area (Å²) in [6, 6.07) is 1.62. The summed E-state index contributed by atoms with van der Waals surface area (Å²) in [5.41, 5.74) is -0.144. The lowest BCUT2D eigenvalue weighted by Gasteiger charge is -2.28. The molecule has 0 bridgehead atoms. The summed E-state index contributed by atoms with van der Waals surface area (Å²) in [5.74, 6) is -4.67. The molecule has 1 aliphatic rings. The Bertz CT molecular complexity index is 480. The van der Waals surface area contributed by atoms with E-state index in [2.05, 4.69) is 15.9 Å². The van der Waals surface area contributed by atoms with Gasteiger partial charge in [-0.2, -0.15) is 0 Å². The lowest BCUT2D eigenvalue weighted by Crippen LogP contribution is -2.40. The molecule has 0 atom stereocenters. The summed E-state index contributed by atoms with van der Waals surface area (Å²) in [5, 5.41) is 0.585. The molecule has 1 saturated carbocycles. The maximum Gasteiger partial charge on any atom is 0.254 e. The number of amides is 1. The Morgan fingerprint density at radius 3 is 2.25 bits per heavy atom. The second-order valence-electron chi connectivity index (χ2n) is 4.88. The van der Waals surface area contributed by atoms with Gasteiger partial charge in [0.2, 0.25) is 0 Å². The second-order valence-corrected chi connectivity index (χ2v) is 5.67. The van der Waals surface area contributed by atoms with Crippen molar-refractivity contribution in [1.29, 1.82) is 0 Å². The fourth-order valence-corrected chi connectivity index (χ4v) is 2.98. The third-order valence-corrected chi connectivity index (χ3v) is 3.94. The summed E-state index contributed by atoms with van der Waals surface area (Å²) in [6.45, 7) is 0.462. The van der Waals surface area contributed by atoms with Crippen LogP contribution < -0.4 is 0 Å². The third kappa shape index (κ3) is 3.16. The lowest BCUT2D eigenvalue weighted by molar-refractivity contribution is 0.0695. The number of alkyl halides is 1. The minimum absolute atomic E-state index is 0.0937. The number of nitrogens with zero attached hydrogens (tertiary/aromatic N) is 1. The normalized spacial score (nSPS) is 15.6. The van der Waals surface area contributed by atoms with E-state index < -0.39 is 23.4 Å². The summed E-state index contributed by atoms with van der Waals surface area (Å²) >= 11 is 3.28. The topological polar surface area (TPSA) is 20.3 Å². The van der Waals surface area contributed by atoms with E-state index in [-0.39, 0.29) is 11.6 Å². The van der Waals surface area contributed by atoms with Gasteiger partial charge in [-0.25, -0.2) is 13.2 Å². The maximum absolute atomic E-state index is 13.2. The molecule has 0 aliphatic heterocycles. The van der Waals surface area contributed by atoms with Crippen LogP contribution in [0.25, 0.3) is 0 Å². The van der Waals surface area contributed by atoms with Crippen molar-refractivity contribution in [2.75, 3.05) is 11.9 Å². The van der Waals surface area contributed by atoms with E-state index in [0.717, 1.165) is 37.8 Å². The molecule has 0 aromatic heterocycles. The summed E-state index contributed by atoms with van der Waals surface area (Å²) < 4.78 is 39.4. The zero-order valence-electron chi connectivity index (χ0n) is 10.8. The highest BCUT2D eigenvalue weighted by molar-refractivity contribution is 9.09. The van der Waals surface area contributed by atoms with Crippen molar-refractivity contribution in [3.8, 4) is 0 Å². The van der Waals surface area contributed by atoms with Crippen LogP contribution in [0, 0.1) is 17.5 Å². The Labute approximate surface area is 124 Å². The second kappa shape index (κ2) is 6.61. The first kappa shape index (κ1) is 15.4.